The number of halogens is 2. The lowest BCUT2D eigenvalue weighted by molar-refractivity contribution is 0.0980. The van der Waals surface area contributed by atoms with Gasteiger partial charge in [-0.15, -0.1) is 0 Å². The number of anilines is 1. The molecule has 0 saturated heterocycles. The predicted octanol–water partition coefficient (Wildman–Crippen LogP) is 3.18. The van der Waals surface area contributed by atoms with Gasteiger partial charge >= 0.3 is 0 Å². The first-order valence-corrected chi connectivity index (χ1v) is 8.41. The van der Waals surface area contributed by atoms with Gasteiger partial charge in [-0.05, 0) is 56.8 Å². The largest absolute Gasteiger partial charge is 0.344 e. The second-order valence-electron chi connectivity index (χ2n) is 5.08. The quantitative estimate of drug-likeness (QED) is 0.652. The maximum absolute atomic E-state index is 12.8. The summed E-state index contributed by atoms with van der Waals surface area (Å²) in [5.41, 5.74) is 1.56. The molecule has 1 N–H and O–H groups in total. The molecule has 8 heteroatoms. The smallest absolute Gasteiger partial charge is 0.275 e. The molecule has 0 saturated carbocycles. The van der Waals surface area contributed by atoms with Crippen LogP contribution >= 0.6 is 31.9 Å². The van der Waals surface area contributed by atoms with Crippen molar-refractivity contribution >= 4 is 49.4 Å². The number of nitrogens with one attached hydrogen (secondary N) is 1. The molecule has 4 rings (SSSR count). The molecule has 1 aliphatic heterocycles. The lowest BCUT2D eigenvalue weighted by Crippen LogP contribution is -2.36. The molecule has 0 unspecified atom stereocenters. The van der Waals surface area contributed by atoms with Gasteiger partial charge in [0.05, 0.1) is 14.8 Å². The van der Waals surface area contributed by atoms with Crippen LogP contribution in [0.4, 0.5) is 5.82 Å². The fourth-order valence-electron chi connectivity index (χ4n) is 2.74. The summed E-state index contributed by atoms with van der Waals surface area (Å²) < 4.78 is 3.53. The van der Waals surface area contributed by atoms with Crippen LogP contribution in [0.5, 0.6) is 0 Å². The molecule has 3 aromatic rings. The summed E-state index contributed by atoms with van der Waals surface area (Å²) in [6.45, 7) is 0.657. The summed E-state index contributed by atoms with van der Waals surface area (Å²) in [6.07, 6.45) is 5.44. The molecule has 1 aliphatic rings. The molecule has 0 aliphatic carbocycles. The molecule has 112 valence electrons. The molecule has 0 radical (unpaired) electrons. The number of H-pyrrole nitrogens is 1. The van der Waals surface area contributed by atoms with Crippen LogP contribution in [-0.2, 0) is 6.42 Å². The first-order valence-electron chi connectivity index (χ1n) is 6.83. The average molecular weight is 425 g/mol. The number of amides is 1. The summed E-state index contributed by atoms with van der Waals surface area (Å²) in [5, 5.41) is 0. The molecular weight excluding hydrogens is 414 g/mol. The van der Waals surface area contributed by atoms with Crippen molar-refractivity contribution in [3.63, 3.8) is 0 Å². The van der Waals surface area contributed by atoms with Crippen LogP contribution in [0.15, 0.2) is 33.6 Å². The number of rotatable bonds is 1. The second kappa shape index (κ2) is 5.20. The number of imidazole rings is 1. The van der Waals surface area contributed by atoms with Crippen molar-refractivity contribution in [2.24, 2.45) is 0 Å². The minimum atomic E-state index is -0.0873. The van der Waals surface area contributed by atoms with E-state index in [-0.39, 0.29) is 5.91 Å². The predicted molar refractivity (Wildman–Crippen MR) is 89.2 cm³/mol. The number of aryl methyl sites for hydroxylation is 1. The van der Waals surface area contributed by atoms with Crippen molar-refractivity contribution in [1.82, 2.24) is 19.4 Å². The van der Waals surface area contributed by atoms with Crippen LogP contribution in [0.2, 0.25) is 0 Å². The minimum absolute atomic E-state index is 0.0873. The van der Waals surface area contributed by atoms with Crippen LogP contribution in [0.25, 0.3) is 5.78 Å². The molecule has 0 atom stereocenters. The third kappa shape index (κ3) is 2.09. The topological polar surface area (TPSA) is 66.3 Å². The zero-order chi connectivity index (χ0) is 15.3. The van der Waals surface area contributed by atoms with Gasteiger partial charge in [0, 0.05) is 18.9 Å². The first kappa shape index (κ1) is 14.0. The normalized spacial score (nSPS) is 14.4. The summed E-state index contributed by atoms with van der Waals surface area (Å²) in [5.74, 6) is 1.24. The highest BCUT2D eigenvalue weighted by Crippen LogP contribution is 2.30. The molecule has 22 heavy (non-hydrogen) atoms. The van der Waals surface area contributed by atoms with Crippen LogP contribution in [0.1, 0.15) is 22.6 Å². The number of nitrogens with zero attached hydrogens (tertiary/aromatic N) is 4. The molecule has 0 fully saturated rings. The van der Waals surface area contributed by atoms with Crippen LogP contribution in [0, 0.1) is 0 Å². The minimum Gasteiger partial charge on any atom is -0.344 e. The Morgan fingerprint density at radius 3 is 3.00 bits per heavy atom. The molecular formula is C14H11Br2N5O. The highest BCUT2D eigenvalue weighted by atomic mass is 79.9. The van der Waals surface area contributed by atoms with Gasteiger partial charge in [-0.25, -0.2) is 4.98 Å². The number of hydrogen-bond donors (Lipinski definition) is 1. The van der Waals surface area contributed by atoms with Crippen LogP contribution < -0.4 is 4.90 Å². The van der Waals surface area contributed by atoms with E-state index in [1.54, 1.807) is 17.2 Å². The van der Waals surface area contributed by atoms with Gasteiger partial charge in [-0.1, -0.05) is 0 Å². The zero-order valence-electron chi connectivity index (χ0n) is 11.4. The van der Waals surface area contributed by atoms with Crippen LogP contribution in [0.3, 0.4) is 0 Å². The van der Waals surface area contributed by atoms with E-state index in [1.807, 2.05) is 16.7 Å². The van der Waals surface area contributed by atoms with Gasteiger partial charge < -0.3 is 4.98 Å². The monoisotopic (exact) mass is 423 g/mol. The fourth-order valence-corrected chi connectivity index (χ4v) is 3.40. The molecule has 4 heterocycles. The van der Waals surface area contributed by atoms with E-state index < -0.39 is 0 Å². The van der Waals surface area contributed by atoms with E-state index >= 15 is 0 Å². The number of carbonyl (C=O) groups is 1. The molecule has 0 aromatic carbocycles. The van der Waals surface area contributed by atoms with E-state index in [1.165, 1.54) is 0 Å². The summed E-state index contributed by atoms with van der Waals surface area (Å²) >= 11 is 6.75. The number of aromatic amines is 1. The highest BCUT2D eigenvalue weighted by Gasteiger charge is 2.29. The van der Waals surface area contributed by atoms with E-state index in [0.717, 1.165) is 27.6 Å². The average Bonchev–Trinajstić information content (AvgIpc) is 3.07. The Hall–Kier alpha value is -1.67. The van der Waals surface area contributed by atoms with Crippen molar-refractivity contribution in [2.75, 3.05) is 11.4 Å². The van der Waals surface area contributed by atoms with Crippen LogP contribution in [-0.4, -0.2) is 31.8 Å². The number of carbonyl (C=O) groups excluding carboxylic acids is 1. The van der Waals surface area contributed by atoms with Crippen molar-refractivity contribution in [3.8, 4) is 0 Å². The molecule has 3 aromatic heterocycles. The molecule has 0 spiro atoms. The number of hydrogen-bond acceptors (Lipinski definition) is 3. The first-order chi connectivity index (χ1) is 10.6. The summed E-state index contributed by atoms with van der Waals surface area (Å²) in [4.78, 5) is 26.3. The van der Waals surface area contributed by atoms with E-state index in [9.17, 15) is 4.79 Å². The number of aromatic nitrogens is 4. The Kier molecular flexibility index (Phi) is 3.30. The zero-order valence-corrected chi connectivity index (χ0v) is 14.6. The van der Waals surface area contributed by atoms with Gasteiger partial charge in [-0.2, -0.15) is 4.98 Å². The lowest BCUT2D eigenvalue weighted by atomic mass is 10.1. The highest BCUT2D eigenvalue weighted by molar-refractivity contribution is 9.13. The van der Waals surface area contributed by atoms with Crippen molar-refractivity contribution in [1.29, 1.82) is 0 Å². The third-order valence-electron chi connectivity index (χ3n) is 3.73. The maximum Gasteiger partial charge on any atom is 0.275 e. The van der Waals surface area contributed by atoms with Crippen molar-refractivity contribution in [2.45, 2.75) is 12.8 Å². The molecule has 6 nitrogen and oxygen atoms in total. The Bertz CT molecular complexity index is 865. The summed E-state index contributed by atoms with van der Waals surface area (Å²) in [7, 11) is 0. The van der Waals surface area contributed by atoms with Gasteiger partial charge in [0.25, 0.3) is 5.91 Å². The van der Waals surface area contributed by atoms with E-state index in [2.05, 4.69) is 46.8 Å². The Labute approximate surface area is 142 Å². The van der Waals surface area contributed by atoms with E-state index in [0.29, 0.717) is 23.8 Å². The van der Waals surface area contributed by atoms with Crippen molar-refractivity contribution in [3.05, 3.63) is 45.0 Å². The van der Waals surface area contributed by atoms with E-state index in [4.69, 9.17) is 0 Å². The molecule has 1 amide bonds. The standard InChI is InChI=1S/C14H11Br2N5O/c15-8-7-9(18-11(8)16)13(22)21-5-1-3-10-12(21)19-14-17-4-2-6-20(10)14/h2,4,6-7,18H,1,3,5H2. The number of fused-ring (bicyclic) bond motifs is 3. The molecule has 0 bridgehead atoms. The Morgan fingerprint density at radius 1 is 1.36 bits per heavy atom. The van der Waals surface area contributed by atoms with Crippen molar-refractivity contribution < 1.29 is 4.79 Å². The van der Waals surface area contributed by atoms with Gasteiger partial charge in [0.15, 0.2) is 5.82 Å². The van der Waals surface area contributed by atoms with Gasteiger partial charge in [-0.3, -0.25) is 14.1 Å². The van der Waals surface area contributed by atoms with Gasteiger partial charge in [0.2, 0.25) is 5.78 Å². The maximum atomic E-state index is 12.8. The third-order valence-corrected chi connectivity index (χ3v) is 5.52. The SMILES string of the molecule is O=C(c1cc(Br)c(Br)[nH]1)N1CCCc2c1nc1ncccn21. The fraction of sp³-hybridized carbons (Fsp3) is 0.214. The Balaban J connectivity index is 1.80. The van der Waals surface area contributed by atoms with Gasteiger partial charge in [0.1, 0.15) is 5.69 Å². The Morgan fingerprint density at radius 2 is 2.23 bits per heavy atom. The second-order valence-corrected chi connectivity index (χ2v) is 6.72. The summed E-state index contributed by atoms with van der Waals surface area (Å²) in [6, 6.07) is 3.64. The lowest BCUT2D eigenvalue weighted by Gasteiger charge is -2.25.